The minimum atomic E-state index is -0.833. The molecule has 0 atom stereocenters. The second-order valence-electron chi connectivity index (χ2n) is 6.87. The SMILES string of the molecule is O=C(CN1C(=O)NC2(CCCC2)C1=O)OCc1cc(Cl)c2c(c1)OCCO2. The molecule has 2 aliphatic heterocycles. The molecule has 1 aromatic carbocycles. The minimum Gasteiger partial charge on any atom is -0.486 e. The number of hydrogen-bond acceptors (Lipinski definition) is 6. The molecule has 0 aromatic heterocycles. The fourth-order valence-electron chi connectivity index (χ4n) is 3.72. The van der Waals surface area contributed by atoms with Crippen LogP contribution in [0.5, 0.6) is 11.5 Å². The predicted molar refractivity (Wildman–Crippen MR) is 93.7 cm³/mol. The smallest absolute Gasteiger partial charge is 0.326 e. The Morgan fingerprint density at radius 2 is 1.96 bits per heavy atom. The van der Waals surface area contributed by atoms with Gasteiger partial charge in [-0.2, -0.15) is 0 Å². The highest BCUT2D eigenvalue weighted by atomic mass is 35.5. The van der Waals surface area contributed by atoms with E-state index >= 15 is 0 Å². The molecule has 1 N–H and O–H groups in total. The third-order valence-electron chi connectivity index (χ3n) is 5.05. The number of nitrogens with one attached hydrogen (secondary N) is 1. The van der Waals surface area contributed by atoms with Crippen LogP contribution in [0, 0.1) is 0 Å². The number of nitrogens with zero attached hydrogens (tertiary/aromatic N) is 1. The molecule has 1 aromatic rings. The first kappa shape index (κ1) is 17.9. The van der Waals surface area contributed by atoms with Gasteiger partial charge in [-0.15, -0.1) is 0 Å². The predicted octanol–water partition coefficient (Wildman–Crippen LogP) is 2.02. The maximum Gasteiger partial charge on any atom is 0.326 e. The molecule has 9 heteroatoms. The first-order valence-corrected chi connectivity index (χ1v) is 9.24. The third-order valence-corrected chi connectivity index (χ3v) is 5.33. The topological polar surface area (TPSA) is 94.2 Å². The number of rotatable bonds is 4. The van der Waals surface area contributed by atoms with Gasteiger partial charge in [0.25, 0.3) is 5.91 Å². The molecular formula is C18H19ClN2O6. The van der Waals surface area contributed by atoms with Crippen LogP contribution < -0.4 is 14.8 Å². The zero-order valence-corrected chi connectivity index (χ0v) is 15.3. The number of urea groups is 1. The molecule has 4 rings (SSSR count). The number of imide groups is 1. The fraction of sp³-hybridized carbons (Fsp3) is 0.500. The van der Waals surface area contributed by atoms with Crippen LogP contribution in [0.25, 0.3) is 0 Å². The van der Waals surface area contributed by atoms with Crippen molar-refractivity contribution in [2.24, 2.45) is 0 Å². The van der Waals surface area contributed by atoms with Crippen LogP contribution in [0.15, 0.2) is 12.1 Å². The maximum atomic E-state index is 12.5. The van der Waals surface area contributed by atoms with E-state index in [1.54, 1.807) is 12.1 Å². The molecular weight excluding hydrogens is 376 g/mol. The van der Waals surface area contributed by atoms with Crippen molar-refractivity contribution in [2.75, 3.05) is 19.8 Å². The summed E-state index contributed by atoms with van der Waals surface area (Å²) in [5, 5.41) is 3.10. The molecule has 144 valence electrons. The van der Waals surface area contributed by atoms with E-state index in [1.807, 2.05) is 0 Å². The van der Waals surface area contributed by atoms with Crippen LogP contribution in [0.1, 0.15) is 31.2 Å². The lowest BCUT2D eigenvalue weighted by atomic mass is 9.98. The molecule has 2 fully saturated rings. The number of carbonyl (C=O) groups excluding carboxylic acids is 3. The molecule has 0 bridgehead atoms. The second-order valence-corrected chi connectivity index (χ2v) is 7.28. The van der Waals surface area contributed by atoms with Gasteiger partial charge in [-0.25, -0.2) is 4.79 Å². The number of benzene rings is 1. The van der Waals surface area contributed by atoms with Gasteiger partial charge in [0.05, 0.1) is 5.02 Å². The Bertz CT molecular complexity index is 805. The van der Waals surface area contributed by atoms with E-state index in [0.29, 0.717) is 48.1 Å². The van der Waals surface area contributed by atoms with Crippen molar-refractivity contribution < 1.29 is 28.6 Å². The number of halogens is 1. The summed E-state index contributed by atoms with van der Waals surface area (Å²) in [7, 11) is 0. The number of carbonyl (C=O) groups is 3. The molecule has 3 amide bonds. The molecule has 2 heterocycles. The normalized spacial score (nSPS) is 20.1. The van der Waals surface area contributed by atoms with E-state index in [9.17, 15) is 14.4 Å². The summed E-state index contributed by atoms with van der Waals surface area (Å²) in [4.78, 5) is 37.7. The van der Waals surface area contributed by atoms with Gasteiger partial charge >= 0.3 is 12.0 Å². The van der Waals surface area contributed by atoms with E-state index in [0.717, 1.165) is 17.7 Å². The van der Waals surface area contributed by atoms with Crippen molar-refractivity contribution in [1.82, 2.24) is 10.2 Å². The summed E-state index contributed by atoms with van der Waals surface area (Å²) in [6.45, 7) is 0.379. The highest BCUT2D eigenvalue weighted by molar-refractivity contribution is 6.32. The fourth-order valence-corrected chi connectivity index (χ4v) is 4.01. The Hall–Kier alpha value is -2.48. The molecule has 27 heavy (non-hydrogen) atoms. The Morgan fingerprint density at radius 1 is 1.22 bits per heavy atom. The Labute approximate surface area is 160 Å². The van der Waals surface area contributed by atoms with E-state index in [2.05, 4.69) is 5.32 Å². The van der Waals surface area contributed by atoms with Crippen LogP contribution in [0.4, 0.5) is 4.79 Å². The van der Waals surface area contributed by atoms with E-state index in [4.69, 9.17) is 25.8 Å². The summed E-state index contributed by atoms with van der Waals surface area (Å²) in [5.74, 6) is -0.0415. The largest absolute Gasteiger partial charge is 0.486 e. The van der Waals surface area contributed by atoms with Crippen molar-refractivity contribution in [2.45, 2.75) is 37.8 Å². The summed E-state index contributed by atoms with van der Waals surface area (Å²) in [5.41, 5.74) is -0.206. The lowest BCUT2D eigenvalue weighted by molar-refractivity contribution is -0.148. The molecule has 8 nitrogen and oxygen atoms in total. The highest BCUT2D eigenvalue weighted by Gasteiger charge is 2.52. The first-order valence-electron chi connectivity index (χ1n) is 8.86. The van der Waals surface area contributed by atoms with Crippen LogP contribution in [0.3, 0.4) is 0 Å². The minimum absolute atomic E-state index is 0.0516. The van der Waals surface area contributed by atoms with Crippen molar-refractivity contribution in [3.63, 3.8) is 0 Å². The number of ether oxygens (including phenoxy) is 3. The van der Waals surface area contributed by atoms with Crippen LogP contribution >= 0.6 is 11.6 Å². The summed E-state index contributed by atoms with van der Waals surface area (Å²) in [6.07, 6.45) is 2.99. The standard InChI is InChI=1S/C18H19ClN2O6/c19-12-7-11(8-13-15(12)26-6-5-25-13)10-27-14(22)9-21-16(23)18(20-17(21)24)3-1-2-4-18/h7-8H,1-6,9-10H2,(H,20,24). The summed E-state index contributed by atoms with van der Waals surface area (Å²) in [6, 6.07) is 2.78. The molecule has 1 aliphatic carbocycles. The molecule has 1 saturated heterocycles. The van der Waals surface area contributed by atoms with Crippen molar-refractivity contribution >= 4 is 29.5 Å². The maximum absolute atomic E-state index is 12.5. The van der Waals surface area contributed by atoms with Gasteiger partial charge in [0.1, 0.15) is 31.9 Å². The average Bonchev–Trinajstić information content (AvgIpc) is 3.21. The summed E-state index contributed by atoms with van der Waals surface area (Å²) >= 11 is 6.16. The Balaban J connectivity index is 1.37. The lowest BCUT2D eigenvalue weighted by Crippen LogP contribution is -2.44. The molecule has 0 radical (unpaired) electrons. The monoisotopic (exact) mass is 394 g/mol. The molecule has 1 saturated carbocycles. The van der Waals surface area contributed by atoms with Crippen molar-refractivity contribution in [1.29, 1.82) is 0 Å². The first-order chi connectivity index (χ1) is 13.0. The molecule has 1 spiro atoms. The van der Waals surface area contributed by atoms with Gasteiger partial charge in [-0.3, -0.25) is 14.5 Å². The Morgan fingerprint density at radius 3 is 2.74 bits per heavy atom. The number of hydrogen-bond donors (Lipinski definition) is 1. The van der Waals surface area contributed by atoms with Gasteiger partial charge in [0.15, 0.2) is 11.5 Å². The van der Waals surface area contributed by atoms with E-state index in [-0.39, 0.29) is 12.5 Å². The average molecular weight is 395 g/mol. The number of esters is 1. The lowest BCUT2D eigenvalue weighted by Gasteiger charge is -2.20. The van der Waals surface area contributed by atoms with Crippen LogP contribution in [-0.2, 0) is 20.9 Å². The zero-order chi connectivity index (χ0) is 19.0. The molecule has 0 unspecified atom stereocenters. The molecule has 3 aliphatic rings. The number of fused-ring (bicyclic) bond motifs is 1. The van der Waals surface area contributed by atoms with Gasteiger partial charge in [-0.05, 0) is 30.5 Å². The Kier molecular flexibility index (Phi) is 4.59. The van der Waals surface area contributed by atoms with E-state index < -0.39 is 24.1 Å². The van der Waals surface area contributed by atoms with Gasteiger partial charge in [0, 0.05) is 0 Å². The second kappa shape index (κ2) is 6.92. The van der Waals surface area contributed by atoms with Gasteiger partial charge < -0.3 is 19.5 Å². The van der Waals surface area contributed by atoms with Crippen molar-refractivity contribution in [3.8, 4) is 11.5 Å². The van der Waals surface area contributed by atoms with Gasteiger partial charge in [0.2, 0.25) is 0 Å². The summed E-state index contributed by atoms with van der Waals surface area (Å²) < 4.78 is 16.1. The van der Waals surface area contributed by atoms with Crippen LogP contribution in [-0.4, -0.2) is 48.1 Å². The zero-order valence-electron chi connectivity index (χ0n) is 14.6. The number of amides is 3. The third kappa shape index (κ3) is 3.29. The van der Waals surface area contributed by atoms with Crippen LogP contribution in [0.2, 0.25) is 5.02 Å². The van der Waals surface area contributed by atoms with Crippen molar-refractivity contribution in [3.05, 3.63) is 22.7 Å². The van der Waals surface area contributed by atoms with Gasteiger partial charge in [-0.1, -0.05) is 24.4 Å². The quantitative estimate of drug-likeness (QED) is 0.620. The highest BCUT2D eigenvalue weighted by Crippen LogP contribution is 2.38. The van der Waals surface area contributed by atoms with E-state index in [1.165, 1.54) is 0 Å².